The van der Waals surface area contributed by atoms with Crippen molar-refractivity contribution in [2.45, 2.75) is 9.79 Å². The van der Waals surface area contributed by atoms with Gasteiger partial charge in [-0.05, 0) is 30.3 Å². The highest BCUT2D eigenvalue weighted by Gasteiger charge is 2.08. The van der Waals surface area contributed by atoms with Gasteiger partial charge in [0.1, 0.15) is 11.5 Å². The molecule has 3 nitrogen and oxygen atoms in total. The molecule has 0 atom stereocenters. The molecule has 2 aromatic carbocycles. The maximum absolute atomic E-state index is 6.08. The zero-order chi connectivity index (χ0) is 14.8. The van der Waals surface area contributed by atoms with Crippen molar-refractivity contribution in [2.24, 2.45) is 0 Å². The zero-order valence-electron chi connectivity index (χ0n) is 11.6. The Balaban J connectivity index is 2.00. The number of methoxy groups -OCH3 is 2. The van der Waals surface area contributed by atoms with Crippen LogP contribution in [0, 0.1) is 0 Å². The fourth-order valence-corrected chi connectivity index (χ4v) is 3.29. The molecule has 0 unspecified atom stereocenters. The molecule has 0 amide bonds. The van der Waals surface area contributed by atoms with Crippen LogP contribution in [0.1, 0.15) is 0 Å². The molecule has 0 aliphatic rings. The van der Waals surface area contributed by atoms with Gasteiger partial charge in [0.25, 0.3) is 0 Å². The number of aromatic amines is 1. The van der Waals surface area contributed by atoms with Gasteiger partial charge >= 0.3 is 0 Å². The summed E-state index contributed by atoms with van der Waals surface area (Å²) >= 11 is 7.72. The van der Waals surface area contributed by atoms with E-state index in [1.54, 1.807) is 26.0 Å². The quantitative estimate of drug-likeness (QED) is 0.735. The summed E-state index contributed by atoms with van der Waals surface area (Å²) in [6.07, 6.45) is 1.98. The summed E-state index contributed by atoms with van der Waals surface area (Å²) in [5, 5.41) is 1.83. The van der Waals surface area contributed by atoms with Gasteiger partial charge in [-0.15, -0.1) is 0 Å². The number of H-pyrrole nitrogens is 1. The summed E-state index contributed by atoms with van der Waals surface area (Å²) in [5.74, 6) is 1.55. The largest absolute Gasteiger partial charge is 0.497 e. The van der Waals surface area contributed by atoms with Gasteiger partial charge in [-0.1, -0.05) is 23.4 Å². The van der Waals surface area contributed by atoms with Crippen molar-refractivity contribution in [1.82, 2.24) is 4.98 Å². The number of benzene rings is 2. The van der Waals surface area contributed by atoms with E-state index in [1.165, 1.54) is 0 Å². The lowest BCUT2D eigenvalue weighted by molar-refractivity contribution is 0.392. The second-order valence-electron chi connectivity index (χ2n) is 4.49. The Morgan fingerprint density at radius 3 is 2.38 bits per heavy atom. The Hall–Kier alpha value is -1.78. The smallest absolute Gasteiger partial charge is 0.123 e. The molecule has 3 aromatic rings. The SMILES string of the molecule is COc1cc(OC)cc(Sc2c[nH]c3ccc(Cl)cc23)c1. The first-order chi connectivity index (χ1) is 10.2. The maximum atomic E-state index is 6.08. The van der Waals surface area contributed by atoms with Crippen molar-refractivity contribution < 1.29 is 9.47 Å². The number of aromatic nitrogens is 1. The Morgan fingerprint density at radius 2 is 1.71 bits per heavy atom. The van der Waals surface area contributed by atoms with Gasteiger partial charge in [-0.2, -0.15) is 0 Å². The molecule has 108 valence electrons. The zero-order valence-corrected chi connectivity index (χ0v) is 13.2. The standard InChI is InChI=1S/C16H14ClNO2S/c1-19-11-6-12(20-2)8-13(7-11)21-16-9-18-15-4-3-10(17)5-14(15)16/h3-9,18H,1-2H3. The average molecular weight is 320 g/mol. The van der Waals surface area contributed by atoms with Gasteiger partial charge in [-0.25, -0.2) is 0 Å². The number of hydrogen-bond acceptors (Lipinski definition) is 3. The molecule has 1 heterocycles. The fraction of sp³-hybridized carbons (Fsp3) is 0.125. The van der Waals surface area contributed by atoms with Crippen molar-refractivity contribution in [1.29, 1.82) is 0 Å². The van der Waals surface area contributed by atoms with E-state index in [2.05, 4.69) is 4.98 Å². The Labute approximate surface area is 132 Å². The van der Waals surface area contributed by atoms with Crippen molar-refractivity contribution in [3.05, 3.63) is 47.6 Å². The predicted molar refractivity (Wildman–Crippen MR) is 87.0 cm³/mol. The molecular formula is C16H14ClNO2S. The summed E-state index contributed by atoms with van der Waals surface area (Å²) in [4.78, 5) is 5.41. The summed E-state index contributed by atoms with van der Waals surface area (Å²) in [5.41, 5.74) is 1.07. The molecule has 5 heteroatoms. The minimum absolute atomic E-state index is 0.729. The first-order valence-electron chi connectivity index (χ1n) is 6.37. The fourth-order valence-electron chi connectivity index (χ4n) is 2.12. The van der Waals surface area contributed by atoms with Crippen LogP contribution in [0.2, 0.25) is 5.02 Å². The molecule has 0 fully saturated rings. The molecule has 0 aliphatic heterocycles. The van der Waals surface area contributed by atoms with Crippen LogP contribution >= 0.6 is 23.4 Å². The van der Waals surface area contributed by atoms with Crippen LogP contribution in [0.3, 0.4) is 0 Å². The lowest BCUT2D eigenvalue weighted by Gasteiger charge is -2.07. The van der Waals surface area contributed by atoms with Gasteiger partial charge in [0.05, 0.1) is 14.2 Å². The molecule has 0 aliphatic carbocycles. The number of nitrogens with one attached hydrogen (secondary N) is 1. The lowest BCUT2D eigenvalue weighted by Crippen LogP contribution is -1.87. The summed E-state index contributed by atoms with van der Waals surface area (Å²) in [7, 11) is 3.30. The molecule has 0 radical (unpaired) electrons. The van der Waals surface area contributed by atoms with Crippen LogP contribution < -0.4 is 9.47 Å². The van der Waals surface area contributed by atoms with E-state index < -0.39 is 0 Å². The van der Waals surface area contributed by atoms with E-state index in [0.29, 0.717) is 0 Å². The molecule has 21 heavy (non-hydrogen) atoms. The number of halogens is 1. The van der Waals surface area contributed by atoms with E-state index in [9.17, 15) is 0 Å². The van der Waals surface area contributed by atoms with Gasteiger partial charge in [0.2, 0.25) is 0 Å². The van der Waals surface area contributed by atoms with Crippen LogP contribution in [-0.4, -0.2) is 19.2 Å². The molecule has 0 bridgehead atoms. The summed E-state index contributed by atoms with van der Waals surface area (Å²) in [6, 6.07) is 11.6. The number of hydrogen-bond donors (Lipinski definition) is 1. The normalized spacial score (nSPS) is 10.8. The third kappa shape index (κ3) is 2.96. The molecule has 1 N–H and O–H groups in total. The van der Waals surface area contributed by atoms with E-state index in [0.717, 1.165) is 37.2 Å². The van der Waals surface area contributed by atoms with E-state index >= 15 is 0 Å². The van der Waals surface area contributed by atoms with E-state index in [-0.39, 0.29) is 0 Å². The monoisotopic (exact) mass is 319 g/mol. The first-order valence-corrected chi connectivity index (χ1v) is 7.56. The second kappa shape index (κ2) is 5.92. The van der Waals surface area contributed by atoms with Crippen molar-refractivity contribution >= 4 is 34.3 Å². The molecular weight excluding hydrogens is 306 g/mol. The van der Waals surface area contributed by atoms with Gasteiger partial charge in [0.15, 0.2) is 0 Å². The minimum Gasteiger partial charge on any atom is -0.497 e. The first kappa shape index (κ1) is 14.2. The average Bonchev–Trinajstić information content (AvgIpc) is 2.89. The van der Waals surface area contributed by atoms with Crippen LogP contribution in [0.15, 0.2) is 52.4 Å². The molecule has 1 aromatic heterocycles. The van der Waals surface area contributed by atoms with Crippen molar-refractivity contribution in [3.63, 3.8) is 0 Å². The maximum Gasteiger partial charge on any atom is 0.123 e. The highest BCUT2D eigenvalue weighted by molar-refractivity contribution is 7.99. The highest BCUT2D eigenvalue weighted by Crippen LogP contribution is 2.37. The molecule has 3 rings (SSSR count). The van der Waals surface area contributed by atoms with Crippen molar-refractivity contribution in [2.75, 3.05) is 14.2 Å². The minimum atomic E-state index is 0.729. The van der Waals surface area contributed by atoms with E-state index in [4.69, 9.17) is 21.1 Å². The Kier molecular flexibility index (Phi) is 3.99. The third-order valence-corrected chi connectivity index (χ3v) is 4.42. The van der Waals surface area contributed by atoms with Gasteiger partial charge in [-0.3, -0.25) is 0 Å². The molecule has 0 spiro atoms. The van der Waals surface area contributed by atoms with Gasteiger partial charge in [0, 0.05) is 38.0 Å². The van der Waals surface area contributed by atoms with Gasteiger partial charge < -0.3 is 14.5 Å². The Morgan fingerprint density at radius 1 is 1.00 bits per heavy atom. The van der Waals surface area contributed by atoms with E-state index in [1.807, 2.05) is 42.6 Å². The van der Waals surface area contributed by atoms with Crippen LogP contribution in [0.25, 0.3) is 10.9 Å². The summed E-state index contributed by atoms with van der Waals surface area (Å²) < 4.78 is 10.6. The Bertz CT molecular complexity index is 763. The van der Waals surface area contributed by atoms with Crippen LogP contribution in [0.4, 0.5) is 0 Å². The number of ether oxygens (including phenoxy) is 2. The topological polar surface area (TPSA) is 34.2 Å². The lowest BCUT2D eigenvalue weighted by atomic mass is 10.2. The highest BCUT2D eigenvalue weighted by atomic mass is 35.5. The third-order valence-electron chi connectivity index (χ3n) is 3.16. The van der Waals surface area contributed by atoms with Crippen LogP contribution in [0.5, 0.6) is 11.5 Å². The number of fused-ring (bicyclic) bond motifs is 1. The number of rotatable bonds is 4. The molecule has 0 saturated heterocycles. The predicted octanol–water partition coefficient (Wildman–Crippen LogP) is 4.99. The van der Waals surface area contributed by atoms with Crippen molar-refractivity contribution in [3.8, 4) is 11.5 Å². The second-order valence-corrected chi connectivity index (χ2v) is 6.05. The van der Waals surface area contributed by atoms with Crippen LogP contribution in [-0.2, 0) is 0 Å². The molecule has 0 saturated carbocycles. The summed E-state index contributed by atoms with van der Waals surface area (Å²) in [6.45, 7) is 0.